The van der Waals surface area contributed by atoms with Crippen molar-refractivity contribution in [1.82, 2.24) is 0 Å². The fourth-order valence-corrected chi connectivity index (χ4v) is 1.26. The predicted molar refractivity (Wildman–Crippen MR) is 66.3 cm³/mol. The molecule has 0 aliphatic heterocycles. The van der Waals surface area contributed by atoms with Crippen LogP contribution in [0.3, 0.4) is 0 Å². The molecule has 0 heterocycles. The molecule has 0 saturated carbocycles. The Morgan fingerprint density at radius 1 is 1.62 bits per heavy atom. The van der Waals surface area contributed by atoms with E-state index in [2.05, 4.69) is 6.58 Å². The number of hydrogen-bond donors (Lipinski definition) is 1. The molecular formula is C12H16ClNO2. The van der Waals surface area contributed by atoms with Gasteiger partial charge in [0.25, 0.3) is 0 Å². The number of carbonyl (C=O) groups is 1. The molecule has 2 N–H and O–H groups in total. The van der Waals surface area contributed by atoms with Gasteiger partial charge in [0.15, 0.2) is 0 Å². The Kier molecular flexibility index (Phi) is 6.46. The van der Waals surface area contributed by atoms with Crippen LogP contribution in [0.15, 0.2) is 36.9 Å². The Balaban J connectivity index is 0.00000225. The lowest BCUT2D eigenvalue weighted by Crippen LogP contribution is -2.06. The van der Waals surface area contributed by atoms with Crippen molar-refractivity contribution in [3.8, 4) is 0 Å². The topological polar surface area (TPSA) is 52.3 Å². The highest BCUT2D eigenvalue weighted by molar-refractivity contribution is 5.85. The third-order valence-corrected chi connectivity index (χ3v) is 2.12. The molecule has 1 aromatic rings. The first kappa shape index (κ1) is 14.7. The third-order valence-electron chi connectivity index (χ3n) is 2.12. The lowest BCUT2D eigenvalue weighted by atomic mass is 10.1. The van der Waals surface area contributed by atoms with Crippen LogP contribution in [0.5, 0.6) is 0 Å². The zero-order chi connectivity index (χ0) is 11.3. The highest BCUT2D eigenvalue weighted by atomic mass is 35.5. The van der Waals surface area contributed by atoms with Crippen LogP contribution in [0.4, 0.5) is 0 Å². The second-order valence-corrected chi connectivity index (χ2v) is 3.23. The van der Waals surface area contributed by atoms with Gasteiger partial charge in [-0.05, 0) is 18.1 Å². The summed E-state index contributed by atoms with van der Waals surface area (Å²) in [5, 5.41) is 0. The zero-order valence-corrected chi connectivity index (χ0v) is 10.00. The third kappa shape index (κ3) is 4.04. The fourth-order valence-electron chi connectivity index (χ4n) is 1.26. The van der Waals surface area contributed by atoms with Crippen LogP contribution in [0, 0.1) is 0 Å². The molecule has 1 unspecified atom stereocenters. The van der Waals surface area contributed by atoms with Crippen LogP contribution in [0.1, 0.15) is 24.2 Å². The van der Waals surface area contributed by atoms with Crippen LogP contribution in [0.2, 0.25) is 0 Å². The highest BCUT2D eigenvalue weighted by Crippen LogP contribution is 2.18. The number of hydrogen-bond acceptors (Lipinski definition) is 3. The second-order valence-electron chi connectivity index (χ2n) is 3.23. The van der Waals surface area contributed by atoms with Crippen molar-refractivity contribution in [2.75, 3.05) is 0 Å². The maximum absolute atomic E-state index is 11.0. The van der Waals surface area contributed by atoms with Gasteiger partial charge in [-0.2, -0.15) is 0 Å². The smallest absolute Gasteiger partial charge is 0.330 e. The molecule has 0 aromatic heterocycles. The molecule has 0 fully saturated rings. The number of esters is 1. The molecule has 1 atom stereocenters. The highest BCUT2D eigenvalue weighted by Gasteiger charge is 2.09. The van der Waals surface area contributed by atoms with Crippen molar-refractivity contribution in [2.24, 2.45) is 5.73 Å². The molecule has 88 valence electrons. The SMILES string of the molecule is C=CC(=O)OC(C)c1cccc(CN)c1.Cl. The molecular weight excluding hydrogens is 226 g/mol. The van der Waals surface area contributed by atoms with Crippen LogP contribution < -0.4 is 5.73 Å². The van der Waals surface area contributed by atoms with Gasteiger partial charge < -0.3 is 10.5 Å². The molecule has 0 radical (unpaired) electrons. The van der Waals surface area contributed by atoms with Crippen LogP contribution >= 0.6 is 12.4 Å². The largest absolute Gasteiger partial charge is 0.455 e. The van der Waals surface area contributed by atoms with Crippen molar-refractivity contribution >= 4 is 18.4 Å². The summed E-state index contributed by atoms with van der Waals surface area (Å²) in [4.78, 5) is 11.0. The van der Waals surface area contributed by atoms with Crippen molar-refractivity contribution in [3.63, 3.8) is 0 Å². The van der Waals surface area contributed by atoms with E-state index in [1.165, 1.54) is 0 Å². The monoisotopic (exact) mass is 241 g/mol. The summed E-state index contributed by atoms with van der Waals surface area (Å²) >= 11 is 0. The van der Waals surface area contributed by atoms with E-state index in [-0.39, 0.29) is 18.5 Å². The summed E-state index contributed by atoms with van der Waals surface area (Å²) in [6, 6.07) is 7.67. The summed E-state index contributed by atoms with van der Waals surface area (Å²) < 4.78 is 5.09. The quantitative estimate of drug-likeness (QED) is 0.650. The van der Waals surface area contributed by atoms with Gasteiger partial charge in [0.2, 0.25) is 0 Å². The average molecular weight is 242 g/mol. The second kappa shape index (κ2) is 7.04. The Labute approximate surface area is 102 Å². The summed E-state index contributed by atoms with van der Waals surface area (Å²) in [5.41, 5.74) is 7.48. The average Bonchev–Trinajstić information content (AvgIpc) is 2.28. The van der Waals surface area contributed by atoms with Gasteiger partial charge in [-0.1, -0.05) is 30.8 Å². The molecule has 1 rings (SSSR count). The number of ether oxygens (including phenoxy) is 1. The predicted octanol–water partition coefficient (Wildman–Crippen LogP) is 2.36. The minimum absolute atomic E-state index is 0. The Bertz CT molecular complexity index is 366. The molecule has 3 nitrogen and oxygen atoms in total. The normalized spacial score (nSPS) is 11.1. The number of rotatable bonds is 4. The maximum Gasteiger partial charge on any atom is 0.330 e. The van der Waals surface area contributed by atoms with Gasteiger partial charge in [0, 0.05) is 12.6 Å². The van der Waals surface area contributed by atoms with E-state index in [0.717, 1.165) is 17.2 Å². The van der Waals surface area contributed by atoms with Gasteiger partial charge in [-0.3, -0.25) is 0 Å². The minimum Gasteiger partial charge on any atom is -0.455 e. The molecule has 0 saturated heterocycles. The van der Waals surface area contributed by atoms with E-state index in [0.29, 0.717) is 6.54 Å². The molecule has 0 bridgehead atoms. The van der Waals surface area contributed by atoms with Crippen molar-refractivity contribution < 1.29 is 9.53 Å². The van der Waals surface area contributed by atoms with E-state index < -0.39 is 5.97 Å². The van der Waals surface area contributed by atoms with Crippen molar-refractivity contribution in [1.29, 1.82) is 0 Å². The van der Waals surface area contributed by atoms with Gasteiger partial charge in [-0.25, -0.2) is 4.79 Å². The first-order chi connectivity index (χ1) is 7.17. The van der Waals surface area contributed by atoms with E-state index in [4.69, 9.17) is 10.5 Å². The van der Waals surface area contributed by atoms with Gasteiger partial charge >= 0.3 is 5.97 Å². The van der Waals surface area contributed by atoms with Gasteiger partial charge in [0.1, 0.15) is 6.10 Å². The standard InChI is InChI=1S/C12H15NO2.ClH/c1-3-12(14)15-9(2)11-6-4-5-10(7-11)8-13;/h3-7,9H,1,8,13H2,2H3;1H. The van der Waals surface area contributed by atoms with E-state index in [1.54, 1.807) is 0 Å². The maximum atomic E-state index is 11.0. The van der Waals surface area contributed by atoms with Gasteiger partial charge in [0.05, 0.1) is 0 Å². The van der Waals surface area contributed by atoms with Crippen molar-refractivity contribution in [2.45, 2.75) is 19.6 Å². The number of benzene rings is 1. The zero-order valence-electron chi connectivity index (χ0n) is 9.18. The number of nitrogens with two attached hydrogens (primary N) is 1. The Morgan fingerprint density at radius 3 is 2.88 bits per heavy atom. The van der Waals surface area contributed by atoms with E-state index >= 15 is 0 Å². The van der Waals surface area contributed by atoms with Crippen LogP contribution in [-0.2, 0) is 16.1 Å². The van der Waals surface area contributed by atoms with E-state index in [1.807, 2.05) is 31.2 Å². The Morgan fingerprint density at radius 2 is 2.31 bits per heavy atom. The summed E-state index contributed by atoms with van der Waals surface area (Å²) in [5.74, 6) is -0.416. The molecule has 4 heteroatoms. The molecule has 0 amide bonds. The first-order valence-electron chi connectivity index (χ1n) is 4.79. The molecule has 1 aromatic carbocycles. The van der Waals surface area contributed by atoms with Crippen molar-refractivity contribution in [3.05, 3.63) is 48.0 Å². The minimum atomic E-state index is -0.416. The lowest BCUT2D eigenvalue weighted by Gasteiger charge is -2.12. The van der Waals surface area contributed by atoms with Crippen LogP contribution in [0.25, 0.3) is 0 Å². The lowest BCUT2D eigenvalue weighted by molar-refractivity contribution is -0.142. The molecule has 0 spiro atoms. The summed E-state index contributed by atoms with van der Waals surface area (Å²) in [7, 11) is 0. The molecule has 0 aliphatic carbocycles. The first-order valence-corrected chi connectivity index (χ1v) is 4.79. The number of carbonyl (C=O) groups excluding carboxylic acids is 1. The molecule has 0 aliphatic rings. The van der Waals surface area contributed by atoms with Crippen LogP contribution in [-0.4, -0.2) is 5.97 Å². The fraction of sp³-hybridized carbons (Fsp3) is 0.250. The molecule has 16 heavy (non-hydrogen) atoms. The summed E-state index contributed by atoms with van der Waals surface area (Å²) in [6.07, 6.45) is 0.880. The van der Waals surface area contributed by atoms with E-state index in [9.17, 15) is 4.79 Å². The Hall–Kier alpha value is -1.32. The summed E-state index contributed by atoms with van der Waals surface area (Å²) in [6.45, 7) is 5.65. The number of halogens is 1. The van der Waals surface area contributed by atoms with Gasteiger partial charge in [-0.15, -0.1) is 12.4 Å².